The van der Waals surface area contributed by atoms with Gasteiger partial charge in [-0.15, -0.1) is 11.8 Å². The molecule has 5 nitrogen and oxygen atoms in total. The van der Waals surface area contributed by atoms with Crippen LogP contribution in [0.15, 0.2) is 0 Å². The molecule has 1 amide bonds. The maximum Gasteiger partial charge on any atom is 0.327 e. The fourth-order valence-electron chi connectivity index (χ4n) is 2.75. The molecular weight excluding hydrogens is 264 g/mol. The first-order chi connectivity index (χ1) is 8.84. The first-order valence-electron chi connectivity index (χ1n) is 6.78. The third-order valence-electron chi connectivity index (χ3n) is 4.03. The zero-order chi connectivity index (χ0) is 14.2. The van der Waals surface area contributed by atoms with Crippen molar-refractivity contribution < 1.29 is 14.7 Å². The highest BCUT2D eigenvalue weighted by Crippen LogP contribution is 2.38. The zero-order valence-corrected chi connectivity index (χ0v) is 12.3. The number of carboxylic acids is 1. The zero-order valence-electron chi connectivity index (χ0n) is 11.5. The Morgan fingerprint density at radius 2 is 2.11 bits per heavy atom. The fourth-order valence-corrected chi connectivity index (χ4v) is 4.24. The van der Waals surface area contributed by atoms with Crippen LogP contribution in [0.25, 0.3) is 0 Å². The van der Waals surface area contributed by atoms with Gasteiger partial charge >= 0.3 is 5.97 Å². The molecule has 2 aliphatic rings. The number of amides is 1. The maximum atomic E-state index is 12.5. The van der Waals surface area contributed by atoms with Crippen LogP contribution in [0.1, 0.15) is 39.5 Å². The van der Waals surface area contributed by atoms with Gasteiger partial charge in [0.15, 0.2) is 0 Å². The third-order valence-corrected chi connectivity index (χ3v) is 5.65. The van der Waals surface area contributed by atoms with Crippen molar-refractivity contribution in [3.05, 3.63) is 0 Å². The molecule has 0 aromatic heterocycles. The van der Waals surface area contributed by atoms with Gasteiger partial charge in [0.25, 0.3) is 0 Å². The summed E-state index contributed by atoms with van der Waals surface area (Å²) in [6, 6.07) is -0.700. The van der Waals surface area contributed by atoms with Crippen molar-refractivity contribution in [3.8, 4) is 0 Å². The van der Waals surface area contributed by atoms with Crippen LogP contribution in [0, 0.1) is 5.92 Å². The van der Waals surface area contributed by atoms with E-state index >= 15 is 0 Å². The highest BCUT2D eigenvalue weighted by molar-refractivity contribution is 8.00. The van der Waals surface area contributed by atoms with E-state index < -0.39 is 17.6 Å². The molecule has 1 saturated heterocycles. The second-order valence-electron chi connectivity index (χ2n) is 6.02. The molecule has 108 valence electrons. The Hall–Kier alpha value is -0.750. The number of aliphatic carboxylic acids is 1. The smallest absolute Gasteiger partial charge is 0.327 e. The van der Waals surface area contributed by atoms with Crippen LogP contribution in [0.3, 0.4) is 0 Å². The van der Waals surface area contributed by atoms with Crippen LogP contribution in [0.5, 0.6) is 0 Å². The number of thioether (sulfide) groups is 1. The Morgan fingerprint density at radius 1 is 1.47 bits per heavy atom. The molecule has 1 saturated carbocycles. The molecule has 2 fully saturated rings. The summed E-state index contributed by atoms with van der Waals surface area (Å²) >= 11 is 1.56. The SMILES string of the molecule is CC(C)C1SCC(C(=O)O)N1C(=O)CC1(N)CCC1. The van der Waals surface area contributed by atoms with Gasteiger partial charge in [-0.2, -0.15) is 0 Å². The van der Waals surface area contributed by atoms with Gasteiger partial charge in [0.2, 0.25) is 5.91 Å². The van der Waals surface area contributed by atoms with E-state index in [1.807, 2.05) is 13.8 Å². The highest BCUT2D eigenvalue weighted by Gasteiger charge is 2.45. The van der Waals surface area contributed by atoms with E-state index in [0.29, 0.717) is 5.75 Å². The summed E-state index contributed by atoms with van der Waals surface area (Å²) in [5.74, 6) is -0.294. The second-order valence-corrected chi connectivity index (χ2v) is 7.17. The fraction of sp³-hybridized carbons (Fsp3) is 0.846. The average Bonchev–Trinajstić information content (AvgIpc) is 2.71. The number of carbonyl (C=O) groups is 2. The highest BCUT2D eigenvalue weighted by atomic mass is 32.2. The van der Waals surface area contributed by atoms with Gasteiger partial charge < -0.3 is 15.7 Å². The quantitative estimate of drug-likeness (QED) is 0.813. The molecule has 0 bridgehead atoms. The van der Waals surface area contributed by atoms with Crippen LogP contribution in [0.2, 0.25) is 0 Å². The first-order valence-corrected chi connectivity index (χ1v) is 7.83. The van der Waals surface area contributed by atoms with Crippen LogP contribution < -0.4 is 5.73 Å². The van der Waals surface area contributed by atoms with Gasteiger partial charge in [-0.05, 0) is 25.2 Å². The third kappa shape index (κ3) is 2.89. The average molecular weight is 286 g/mol. The van der Waals surface area contributed by atoms with Gasteiger partial charge in [0.05, 0.1) is 5.37 Å². The number of nitrogens with zero attached hydrogens (tertiary/aromatic N) is 1. The van der Waals surface area contributed by atoms with Crippen molar-refractivity contribution in [2.24, 2.45) is 11.7 Å². The van der Waals surface area contributed by atoms with Crippen LogP contribution in [-0.4, -0.2) is 44.6 Å². The van der Waals surface area contributed by atoms with Crippen LogP contribution in [0.4, 0.5) is 0 Å². The van der Waals surface area contributed by atoms with Crippen LogP contribution >= 0.6 is 11.8 Å². The van der Waals surface area contributed by atoms with Crippen molar-refractivity contribution in [1.29, 1.82) is 0 Å². The van der Waals surface area contributed by atoms with E-state index in [9.17, 15) is 14.7 Å². The van der Waals surface area contributed by atoms with Crippen molar-refractivity contribution in [2.45, 2.75) is 56.5 Å². The lowest BCUT2D eigenvalue weighted by molar-refractivity contribution is -0.150. The number of hydrogen-bond donors (Lipinski definition) is 2. The summed E-state index contributed by atoms with van der Waals surface area (Å²) in [5, 5.41) is 9.22. The standard InChI is InChI=1S/C13H22N2O3S/c1-8(2)11-15(9(7-19-11)12(17)18)10(16)6-13(14)4-3-5-13/h8-9,11H,3-7,14H2,1-2H3,(H,17,18). The topological polar surface area (TPSA) is 83.6 Å². The Morgan fingerprint density at radius 3 is 2.53 bits per heavy atom. The minimum absolute atomic E-state index is 0.0442. The number of carbonyl (C=O) groups excluding carboxylic acids is 1. The van der Waals surface area contributed by atoms with Gasteiger partial charge in [-0.25, -0.2) is 4.79 Å². The molecule has 0 spiro atoms. The molecule has 0 radical (unpaired) electrons. The Bertz CT molecular complexity index is 382. The molecule has 2 atom stereocenters. The van der Waals surface area contributed by atoms with Gasteiger partial charge in [-0.3, -0.25) is 4.79 Å². The number of rotatable bonds is 4. The molecule has 1 heterocycles. The van der Waals surface area contributed by atoms with Crippen LogP contribution in [-0.2, 0) is 9.59 Å². The molecular formula is C13H22N2O3S. The van der Waals surface area contributed by atoms with Crippen molar-refractivity contribution in [2.75, 3.05) is 5.75 Å². The number of hydrogen-bond acceptors (Lipinski definition) is 4. The molecule has 19 heavy (non-hydrogen) atoms. The van der Waals surface area contributed by atoms with Gasteiger partial charge in [-0.1, -0.05) is 13.8 Å². The minimum atomic E-state index is -0.913. The summed E-state index contributed by atoms with van der Waals surface area (Å²) in [4.78, 5) is 25.3. The Balaban J connectivity index is 2.11. The van der Waals surface area contributed by atoms with Gasteiger partial charge in [0.1, 0.15) is 6.04 Å². The van der Waals surface area contributed by atoms with Crippen molar-refractivity contribution in [1.82, 2.24) is 4.90 Å². The second kappa shape index (κ2) is 5.32. The Labute approximate surface area is 117 Å². The van der Waals surface area contributed by atoms with E-state index in [2.05, 4.69) is 0 Å². The molecule has 2 rings (SSSR count). The first kappa shape index (κ1) is 14.7. The molecule has 2 unspecified atom stereocenters. The largest absolute Gasteiger partial charge is 0.480 e. The van der Waals surface area contributed by atoms with E-state index in [0.717, 1.165) is 19.3 Å². The lowest BCUT2D eigenvalue weighted by Crippen LogP contribution is -2.54. The van der Waals surface area contributed by atoms with E-state index in [1.54, 1.807) is 16.7 Å². The summed E-state index contributed by atoms with van der Waals surface area (Å²) in [7, 11) is 0. The number of nitrogens with two attached hydrogens (primary N) is 1. The summed E-state index contributed by atoms with van der Waals surface area (Å²) in [5.41, 5.74) is 5.72. The summed E-state index contributed by atoms with van der Waals surface area (Å²) < 4.78 is 0. The van der Waals surface area contributed by atoms with E-state index in [4.69, 9.17) is 5.73 Å². The monoisotopic (exact) mass is 286 g/mol. The predicted molar refractivity (Wildman–Crippen MR) is 74.7 cm³/mol. The van der Waals surface area contributed by atoms with Gasteiger partial charge in [0, 0.05) is 17.7 Å². The predicted octanol–water partition coefficient (Wildman–Crippen LogP) is 1.27. The summed E-state index contributed by atoms with van der Waals surface area (Å²) in [6.45, 7) is 4.04. The lowest BCUT2D eigenvalue weighted by Gasteiger charge is -2.40. The minimum Gasteiger partial charge on any atom is -0.480 e. The lowest BCUT2D eigenvalue weighted by atomic mass is 9.75. The molecule has 1 aliphatic carbocycles. The Kier molecular flexibility index (Phi) is 4.11. The molecule has 6 heteroatoms. The molecule has 0 aromatic carbocycles. The van der Waals surface area contributed by atoms with Crippen molar-refractivity contribution >= 4 is 23.6 Å². The number of carboxylic acid groups (broad SMARTS) is 1. The molecule has 0 aromatic rings. The maximum absolute atomic E-state index is 12.5. The van der Waals surface area contributed by atoms with E-state index in [-0.39, 0.29) is 23.6 Å². The van der Waals surface area contributed by atoms with Crippen molar-refractivity contribution in [3.63, 3.8) is 0 Å². The normalized spacial score (nSPS) is 29.4. The van der Waals surface area contributed by atoms with E-state index in [1.165, 1.54) is 0 Å². The molecule has 3 N–H and O–H groups in total. The molecule has 1 aliphatic heterocycles. The summed E-state index contributed by atoms with van der Waals surface area (Å²) in [6.07, 6.45) is 3.07.